The summed E-state index contributed by atoms with van der Waals surface area (Å²) >= 11 is 0. The second-order valence-corrected chi connectivity index (χ2v) is 3.61. The van der Waals surface area contributed by atoms with Gasteiger partial charge in [0.1, 0.15) is 6.04 Å². The maximum atomic E-state index is 12.9. The first-order valence-corrected chi connectivity index (χ1v) is 5.03. The molecule has 0 aliphatic carbocycles. The summed E-state index contributed by atoms with van der Waals surface area (Å²) < 4.78 is 48.2. The summed E-state index contributed by atoms with van der Waals surface area (Å²) in [7, 11) is 2.40. The van der Waals surface area contributed by atoms with Crippen LogP contribution in [0.5, 0.6) is 11.5 Å². The van der Waals surface area contributed by atoms with E-state index in [9.17, 15) is 18.0 Å². The molecule has 1 unspecified atom stereocenters. The second-order valence-electron chi connectivity index (χ2n) is 3.61. The summed E-state index contributed by atoms with van der Waals surface area (Å²) in [6, 6.07) is -0.228. The Bertz CT molecular complexity index is 488. The van der Waals surface area contributed by atoms with Gasteiger partial charge in [-0.3, -0.25) is 4.79 Å². The van der Waals surface area contributed by atoms with E-state index in [2.05, 4.69) is 0 Å². The Kier molecular flexibility index (Phi) is 4.25. The first-order chi connectivity index (χ1) is 8.72. The molecular weight excluding hydrogens is 267 g/mol. The zero-order valence-corrected chi connectivity index (χ0v) is 10.1. The van der Waals surface area contributed by atoms with Crippen molar-refractivity contribution in [3.8, 4) is 11.5 Å². The Labute approximate surface area is 106 Å². The van der Waals surface area contributed by atoms with Gasteiger partial charge in [-0.15, -0.1) is 0 Å². The van der Waals surface area contributed by atoms with Crippen molar-refractivity contribution >= 4 is 5.97 Å². The van der Waals surface area contributed by atoms with E-state index in [4.69, 9.17) is 20.3 Å². The number of nitrogens with two attached hydrogens (primary N) is 1. The molecule has 8 heteroatoms. The van der Waals surface area contributed by atoms with Gasteiger partial charge < -0.3 is 20.3 Å². The number of rotatable bonds is 4. The predicted octanol–water partition coefficient (Wildman–Crippen LogP) is 1.81. The Morgan fingerprint density at radius 3 is 2.11 bits per heavy atom. The van der Waals surface area contributed by atoms with Gasteiger partial charge in [-0.1, -0.05) is 0 Å². The summed E-state index contributed by atoms with van der Waals surface area (Å²) in [5.74, 6) is -1.75. The Morgan fingerprint density at radius 2 is 1.74 bits per heavy atom. The molecule has 0 spiro atoms. The van der Waals surface area contributed by atoms with Crippen LogP contribution >= 0.6 is 0 Å². The van der Waals surface area contributed by atoms with E-state index in [0.29, 0.717) is 6.07 Å². The van der Waals surface area contributed by atoms with Crippen LogP contribution < -0.4 is 15.2 Å². The lowest BCUT2D eigenvalue weighted by Gasteiger charge is -2.18. The predicted molar refractivity (Wildman–Crippen MR) is 59.1 cm³/mol. The Morgan fingerprint density at radius 1 is 1.26 bits per heavy atom. The number of carbonyl (C=O) groups is 1. The standard InChI is InChI=1S/C11H12F3NO4/c1-18-7-3-5(9(15)10(16)17)6(11(12,13)14)4-8(7)19-2/h3-4,9H,15H2,1-2H3,(H,16,17). The number of hydrogen-bond donors (Lipinski definition) is 2. The van der Waals surface area contributed by atoms with Crippen LogP contribution in [0.2, 0.25) is 0 Å². The number of aliphatic carboxylic acids is 1. The van der Waals surface area contributed by atoms with Gasteiger partial charge in [0.05, 0.1) is 19.8 Å². The highest BCUT2D eigenvalue weighted by atomic mass is 19.4. The van der Waals surface area contributed by atoms with E-state index in [1.54, 1.807) is 0 Å². The molecular formula is C11H12F3NO4. The van der Waals surface area contributed by atoms with Crippen LogP contribution in [0.25, 0.3) is 0 Å². The van der Waals surface area contributed by atoms with E-state index >= 15 is 0 Å². The minimum Gasteiger partial charge on any atom is -0.493 e. The molecule has 3 N–H and O–H groups in total. The highest BCUT2D eigenvalue weighted by Crippen LogP contribution is 2.40. The van der Waals surface area contributed by atoms with E-state index in [1.807, 2.05) is 0 Å². The number of methoxy groups -OCH3 is 2. The highest BCUT2D eigenvalue weighted by Gasteiger charge is 2.37. The summed E-state index contributed by atoms with van der Waals surface area (Å²) in [4.78, 5) is 10.8. The minimum absolute atomic E-state index is 0.0257. The molecule has 106 valence electrons. The van der Waals surface area contributed by atoms with Crippen LogP contribution in [0.15, 0.2) is 12.1 Å². The molecule has 0 saturated heterocycles. The smallest absolute Gasteiger partial charge is 0.416 e. The number of alkyl halides is 3. The van der Waals surface area contributed by atoms with Crippen molar-refractivity contribution in [1.29, 1.82) is 0 Å². The molecule has 5 nitrogen and oxygen atoms in total. The fourth-order valence-electron chi connectivity index (χ4n) is 1.53. The summed E-state index contributed by atoms with van der Waals surface area (Å²) in [5, 5.41) is 8.75. The summed E-state index contributed by atoms with van der Waals surface area (Å²) in [5.41, 5.74) is 3.50. The van der Waals surface area contributed by atoms with Crippen LogP contribution in [-0.4, -0.2) is 25.3 Å². The second kappa shape index (κ2) is 5.35. The van der Waals surface area contributed by atoms with Crippen molar-refractivity contribution in [3.63, 3.8) is 0 Å². The molecule has 1 aromatic rings. The minimum atomic E-state index is -4.75. The number of hydrogen-bond acceptors (Lipinski definition) is 4. The molecule has 0 aromatic heterocycles. The van der Waals surface area contributed by atoms with E-state index in [1.165, 1.54) is 14.2 Å². The SMILES string of the molecule is COc1cc(C(N)C(=O)O)c(C(F)(F)F)cc1OC. The number of carboxylic acids is 1. The van der Waals surface area contributed by atoms with Gasteiger partial charge in [-0.2, -0.15) is 13.2 Å². The molecule has 0 heterocycles. The van der Waals surface area contributed by atoms with Crippen LogP contribution in [0, 0.1) is 0 Å². The highest BCUT2D eigenvalue weighted by molar-refractivity contribution is 5.76. The van der Waals surface area contributed by atoms with E-state index < -0.39 is 29.3 Å². The third kappa shape index (κ3) is 3.08. The molecule has 1 aromatic carbocycles. The Balaban J connectivity index is 3.53. The normalized spacial score (nSPS) is 12.9. The van der Waals surface area contributed by atoms with Gasteiger partial charge >= 0.3 is 12.1 Å². The molecule has 1 rings (SSSR count). The van der Waals surface area contributed by atoms with Crippen molar-refractivity contribution in [2.24, 2.45) is 5.73 Å². The summed E-state index contributed by atoms with van der Waals surface area (Å²) in [6.45, 7) is 0. The molecule has 1 atom stereocenters. The zero-order valence-electron chi connectivity index (χ0n) is 10.1. The van der Waals surface area contributed by atoms with Gasteiger partial charge in [0.25, 0.3) is 0 Å². The van der Waals surface area contributed by atoms with Crippen LogP contribution in [0.3, 0.4) is 0 Å². The molecule has 19 heavy (non-hydrogen) atoms. The van der Waals surface area contributed by atoms with E-state index in [0.717, 1.165) is 6.07 Å². The molecule has 0 radical (unpaired) electrons. The van der Waals surface area contributed by atoms with Crippen molar-refractivity contribution in [2.45, 2.75) is 12.2 Å². The van der Waals surface area contributed by atoms with Crippen molar-refractivity contribution in [1.82, 2.24) is 0 Å². The van der Waals surface area contributed by atoms with Crippen LogP contribution in [0.4, 0.5) is 13.2 Å². The third-order valence-corrected chi connectivity index (χ3v) is 2.46. The maximum Gasteiger partial charge on any atom is 0.416 e. The monoisotopic (exact) mass is 279 g/mol. The van der Waals surface area contributed by atoms with Crippen LogP contribution in [-0.2, 0) is 11.0 Å². The zero-order chi connectivity index (χ0) is 14.8. The topological polar surface area (TPSA) is 81.8 Å². The van der Waals surface area contributed by atoms with E-state index in [-0.39, 0.29) is 11.5 Å². The quantitative estimate of drug-likeness (QED) is 0.878. The maximum absolute atomic E-state index is 12.9. The largest absolute Gasteiger partial charge is 0.493 e. The average molecular weight is 279 g/mol. The van der Waals surface area contributed by atoms with Crippen LogP contribution in [0.1, 0.15) is 17.2 Å². The lowest BCUT2D eigenvalue weighted by atomic mass is 9.99. The number of carboxylic acid groups (broad SMARTS) is 1. The van der Waals surface area contributed by atoms with Gasteiger partial charge in [-0.05, 0) is 17.7 Å². The average Bonchev–Trinajstić information content (AvgIpc) is 2.34. The first-order valence-electron chi connectivity index (χ1n) is 5.03. The van der Waals surface area contributed by atoms with Gasteiger partial charge in [-0.25, -0.2) is 0 Å². The van der Waals surface area contributed by atoms with Gasteiger partial charge in [0.15, 0.2) is 11.5 Å². The van der Waals surface area contributed by atoms with Gasteiger partial charge in [0.2, 0.25) is 0 Å². The number of benzene rings is 1. The van der Waals surface area contributed by atoms with Crippen molar-refractivity contribution in [3.05, 3.63) is 23.3 Å². The lowest BCUT2D eigenvalue weighted by molar-refractivity contribution is -0.141. The fraction of sp³-hybridized carbons (Fsp3) is 0.364. The molecule has 0 aliphatic heterocycles. The molecule has 0 fully saturated rings. The molecule has 0 amide bonds. The van der Waals surface area contributed by atoms with Crippen molar-refractivity contribution < 1.29 is 32.5 Å². The molecule has 0 bridgehead atoms. The lowest BCUT2D eigenvalue weighted by Crippen LogP contribution is -2.24. The first kappa shape index (κ1) is 15.1. The van der Waals surface area contributed by atoms with Gasteiger partial charge in [0, 0.05) is 0 Å². The fourth-order valence-corrected chi connectivity index (χ4v) is 1.53. The number of ether oxygens (including phenoxy) is 2. The third-order valence-electron chi connectivity index (χ3n) is 2.46. The summed E-state index contributed by atoms with van der Waals surface area (Å²) in [6.07, 6.45) is -4.75. The molecule has 0 aliphatic rings. The van der Waals surface area contributed by atoms with Crippen molar-refractivity contribution in [2.75, 3.05) is 14.2 Å². The molecule has 0 saturated carbocycles. The number of halogens is 3. The Hall–Kier alpha value is -1.96.